The van der Waals surface area contributed by atoms with Crippen molar-refractivity contribution in [3.63, 3.8) is 0 Å². The molecule has 0 fully saturated rings. The van der Waals surface area contributed by atoms with Gasteiger partial charge in [-0.15, -0.1) is 24.0 Å². The Balaban J connectivity index is 0.00000280. The van der Waals surface area contributed by atoms with Crippen LogP contribution in [0.2, 0.25) is 5.02 Å². The fourth-order valence-corrected chi connectivity index (χ4v) is 3.17. The van der Waals surface area contributed by atoms with E-state index in [1.165, 1.54) is 5.56 Å². The van der Waals surface area contributed by atoms with Crippen LogP contribution in [0.4, 0.5) is 0 Å². The smallest absolute Gasteiger partial charge is 0.191 e. The maximum absolute atomic E-state index is 6.22. The molecule has 0 unspecified atom stereocenters. The highest BCUT2D eigenvalue weighted by molar-refractivity contribution is 14.0. The molecule has 0 radical (unpaired) electrons. The summed E-state index contributed by atoms with van der Waals surface area (Å²) in [5.41, 5.74) is 5.38. The second-order valence-electron chi connectivity index (χ2n) is 6.27. The highest BCUT2D eigenvalue weighted by atomic mass is 127. The fraction of sp³-hybridized carbons (Fsp3) is 0.238. The zero-order chi connectivity index (χ0) is 19.2. The van der Waals surface area contributed by atoms with E-state index in [1.807, 2.05) is 54.1 Å². The molecule has 0 aliphatic carbocycles. The number of para-hydroxylation sites is 1. The first-order chi connectivity index (χ1) is 13.1. The zero-order valence-electron chi connectivity index (χ0n) is 16.2. The summed E-state index contributed by atoms with van der Waals surface area (Å²) in [6, 6.07) is 17.9. The summed E-state index contributed by atoms with van der Waals surface area (Å²) in [7, 11) is 1.76. The standard InChI is InChI=1S/C21H24ClN5.HI/c1-15-19(16(2)27(26-15)18-10-5-4-6-11-18)14-25-21(23-3)24-13-17-9-7-8-12-20(17)22;/h4-12H,13-14H2,1-3H3,(H2,23,24,25);1H. The normalized spacial score (nSPS) is 11.1. The van der Waals surface area contributed by atoms with Crippen LogP contribution < -0.4 is 10.6 Å². The predicted molar refractivity (Wildman–Crippen MR) is 127 cm³/mol. The van der Waals surface area contributed by atoms with E-state index in [0.717, 1.165) is 33.6 Å². The maximum atomic E-state index is 6.22. The Morgan fingerprint density at radius 3 is 2.32 bits per heavy atom. The Morgan fingerprint density at radius 1 is 1.00 bits per heavy atom. The molecular formula is C21H25ClIN5. The molecule has 3 rings (SSSR count). The van der Waals surface area contributed by atoms with Crippen molar-refractivity contribution in [3.05, 3.63) is 82.1 Å². The van der Waals surface area contributed by atoms with Crippen LogP contribution in [0.3, 0.4) is 0 Å². The third-order valence-corrected chi connectivity index (χ3v) is 4.87. The molecule has 3 aromatic rings. The molecule has 0 aliphatic heterocycles. The van der Waals surface area contributed by atoms with Gasteiger partial charge in [0.15, 0.2) is 5.96 Å². The molecule has 0 saturated heterocycles. The SMILES string of the molecule is CN=C(NCc1ccccc1Cl)NCc1c(C)nn(-c2ccccc2)c1C.I. The van der Waals surface area contributed by atoms with Crippen molar-refractivity contribution in [2.45, 2.75) is 26.9 Å². The van der Waals surface area contributed by atoms with Gasteiger partial charge in [-0.3, -0.25) is 4.99 Å². The van der Waals surface area contributed by atoms with E-state index in [-0.39, 0.29) is 24.0 Å². The molecule has 2 aromatic carbocycles. The van der Waals surface area contributed by atoms with Gasteiger partial charge in [-0.2, -0.15) is 5.10 Å². The van der Waals surface area contributed by atoms with E-state index < -0.39 is 0 Å². The first-order valence-electron chi connectivity index (χ1n) is 8.88. The van der Waals surface area contributed by atoms with Crippen molar-refractivity contribution >= 4 is 41.5 Å². The van der Waals surface area contributed by atoms with Crippen LogP contribution in [0.1, 0.15) is 22.5 Å². The third-order valence-electron chi connectivity index (χ3n) is 4.50. The van der Waals surface area contributed by atoms with Crippen molar-refractivity contribution in [1.82, 2.24) is 20.4 Å². The number of hydrogen-bond acceptors (Lipinski definition) is 2. The van der Waals surface area contributed by atoms with Gasteiger partial charge in [0.05, 0.1) is 11.4 Å². The molecule has 1 aromatic heterocycles. The summed E-state index contributed by atoms with van der Waals surface area (Å²) in [6.07, 6.45) is 0. The lowest BCUT2D eigenvalue weighted by atomic mass is 10.2. The quantitative estimate of drug-likeness (QED) is 0.300. The lowest BCUT2D eigenvalue weighted by molar-refractivity contribution is 0.800. The number of aliphatic imine (C=N–C) groups is 1. The zero-order valence-corrected chi connectivity index (χ0v) is 19.3. The van der Waals surface area contributed by atoms with Crippen molar-refractivity contribution in [2.24, 2.45) is 4.99 Å². The number of aryl methyl sites for hydroxylation is 1. The van der Waals surface area contributed by atoms with Crippen LogP contribution in [0.15, 0.2) is 59.6 Å². The Morgan fingerprint density at radius 2 is 1.64 bits per heavy atom. The molecule has 0 bridgehead atoms. The highest BCUT2D eigenvalue weighted by Gasteiger charge is 2.13. The molecule has 7 heteroatoms. The van der Waals surface area contributed by atoms with E-state index >= 15 is 0 Å². The molecule has 1 heterocycles. The van der Waals surface area contributed by atoms with Gasteiger partial charge >= 0.3 is 0 Å². The van der Waals surface area contributed by atoms with Gasteiger partial charge in [0.2, 0.25) is 0 Å². The van der Waals surface area contributed by atoms with Gasteiger partial charge < -0.3 is 10.6 Å². The summed E-state index contributed by atoms with van der Waals surface area (Å²) >= 11 is 6.22. The molecule has 0 amide bonds. The lowest BCUT2D eigenvalue weighted by Crippen LogP contribution is -2.36. The van der Waals surface area contributed by atoms with Gasteiger partial charge in [-0.1, -0.05) is 48.0 Å². The molecule has 28 heavy (non-hydrogen) atoms. The van der Waals surface area contributed by atoms with Crippen LogP contribution in [0.25, 0.3) is 5.69 Å². The van der Waals surface area contributed by atoms with Gasteiger partial charge in [-0.05, 0) is 37.6 Å². The molecule has 148 valence electrons. The molecule has 2 N–H and O–H groups in total. The molecule has 0 aliphatic rings. The van der Waals surface area contributed by atoms with Crippen molar-refractivity contribution in [3.8, 4) is 5.69 Å². The number of rotatable bonds is 5. The maximum Gasteiger partial charge on any atom is 0.191 e. The summed E-state index contributed by atoms with van der Waals surface area (Å²) in [5, 5.41) is 12.1. The van der Waals surface area contributed by atoms with E-state index in [0.29, 0.717) is 13.1 Å². The lowest BCUT2D eigenvalue weighted by Gasteiger charge is -2.13. The van der Waals surface area contributed by atoms with Crippen molar-refractivity contribution in [2.75, 3.05) is 7.05 Å². The number of benzene rings is 2. The van der Waals surface area contributed by atoms with E-state index in [1.54, 1.807) is 7.05 Å². The van der Waals surface area contributed by atoms with Gasteiger partial charge in [0, 0.05) is 36.4 Å². The van der Waals surface area contributed by atoms with Crippen molar-refractivity contribution < 1.29 is 0 Å². The predicted octanol–water partition coefficient (Wildman–Crippen LogP) is 4.63. The van der Waals surface area contributed by atoms with Crippen molar-refractivity contribution in [1.29, 1.82) is 0 Å². The van der Waals surface area contributed by atoms with Gasteiger partial charge in [0.1, 0.15) is 0 Å². The molecule has 0 saturated carbocycles. The van der Waals surface area contributed by atoms with Gasteiger partial charge in [0.25, 0.3) is 0 Å². The summed E-state index contributed by atoms with van der Waals surface area (Å²) in [6.45, 7) is 5.38. The summed E-state index contributed by atoms with van der Waals surface area (Å²) < 4.78 is 1.98. The second-order valence-corrected chi connectivity index (χ2v) is 6.67. The topological polar surface area (TPSA) is 54.2 Å². The van der Waals surface area contributed by atoms with E-state index in [4.69, 9.17) is 11.6 Å². The monoisotopic (exact) mass is 509 g/mol. The Hall–Kier alpha value is -2.06. The van der Waals surface area contributed by atoms with Crippen LogP contribution in [-0.4, -0.2) is 22.8 Å². The largest absolute Gasteiger partial charge is 0.352 e. The van der Waals surface area contributed by atoms with E-state index in [9.17, 15) is 0 Å². The van der Waals surface area contributed by atoms with Crippen LogP contribution in [0, 0.1) is 13.8 Å². The minimum atomic E-state index is 0. The number of hydrogen-bond donors (Lipinski definition) is 2. The molecule has 5 nitrogen and oxygen atoms in total. The average molecular weight is 510 g/mol. The molecule has 0 spiro atoms. The molecule has 0 atom stereocenters. The summed E-state index contributed by atoms with van der Waals surface area (Å²) in [4.78, 5) is 4.30. The first-order valence-corrected chi connectivity index (χ1v) is 9.26. The number of aromatic nitrogens is 2. The second kappa shape index (κ2) is 10.5. The van der Waals surface area contributed by atoms with Gasteiger partial charge in [-0.25, -0.2) is 4.68 Å². The Bertz CT molecular complexity index is 937. The summed E-state index contributed by atoms with van der Waals surface area (Å²) in [5.74, 6) is 0.723. The number of guanidine groups is 1. The number of nitrogens with zero attached hydrogens (tertiary/aromatic N) is 3. The van der Waals surface area contributed by atoms with E-state index in [2.05, 4.69) is 39.8 Å². The van der Waals surface area contributed by atoms with Crippen LogP contribution >= 0.6 is 35.6 Å². The van der Waals surface area contributed by atoms with Crippen LogP contribution in [-0.2, 0) is 13.1 Å². The Labute approximate surface area is 188 Å². The Kier molecular flexibility index (Phi) is 8.32. The first kappa shape index (κ1) is 22.2. The average Bonchev–Trinajstić information content (AvgIpc) is 2.98. The minimum absolute atomic E-state index is 0. The third kappa shape index (κ3) is 5.26. The van der Waals surface area contributed by atoms with Crippen LogP contribution in [0.5, 0.6) is 0 Å². The number of halogens is 2. The highest BCUT2D eigenvalue weighted by Crippen LogP contribution is 2.18. The number of nitrogens with one attached hydrogen (secondary N) is 2. The molecular weight excluding hydrogens is 485 g/mol. The fourth-order valence-electron chi connectivity index (χ4n) is 2.96. The minimum Gasteiger partial charge on any atom is -0.352 e.